The molecule has 0 aliphatic carbocycles. The number of nitrogens with zero attached hydrogens (tertiary/aromatic N) is 3. The summed E-state index contributed by atoms with van der Waals surface area (Å²) in [5.41, 5.74) is 2.21. The minimum absolute atomic E-state index is 0.0624. The summed E-state index contributed by atoms with van der Waals surface area (Å²) in [5.74, 6) is -1.47. The average molecular weight is 482 g/mol. The predicted molar refractivity (Wildman–Crippen MR) is 131 cm³/mol. The third-order valence-corrected chi connectivity index (χ3v) is 6.96. The Balaban J connectivity index is 1.78. The first-order chi connectivity index (χ1) is 15.8. The summed E-state index contributed by atoms with van der Waals surface area (Å²) >= 11 is 7.49. The molecule has 8 heteroatoms. The molecule has 1 N–H and O–H groups in total. The lowest BCUT2D eigenvalue weighted by Gasteiger charge is -2.28. The van der Waals surface area contributed by atoms with E-state index in [1.54, 1.807) is 25.1 Å². The number of aliphatic hydroxyl groups is 1. The number of benzene rings is 2. The van der Waals surface area contributed by atoms with Gasteiger partial charge in [-0.05, 0) is 38.7 Å². The van der Waals surface area contributed by atoms with Crippen molar-refractivity contribution < 1.29 is 14.7 Å². The van der Waals surface area contributed by atoms with Gasteiger partial charge in [0.15, 0.2) is 5.76 Å². The highest BCUT2D eigenvalue weighted by Gasteiger charge is 2.44. The van der Waals surface area contributed by atoms with Crippen molar-refractivity contribution in [3.8, 4) is 10.6 Å². The Labute approximate surface area is 201 Å². The molecule has 0 saturated heterocycles. The number of aryl methyl sites for hydroxylation is 1. The molecule has 1 aromatic heterocycles. The van der Waals surface area contributed by atoms with Gasteiger partial charge >= 0.3 is 0 Å². The van der Waals surface area contributed by atoms with Crippen LogP contribution in [0.1, 0.15) is 27.0 Å². The summed E-state index contributed by atoms with van der Waals surface area (Å²) in [6.45, 7) is 2.69. The number of Topliss-reactive ketones (excluding diaryl/α,β-unsaturated/α-hetero) is 1. The highest BCUT2D eigenvalue weighted by atomic mass is 35.5. The molecule has 1 amide bonds. The van der Waals surface area contributed by atoms with Gasteiger partial charge in [0, 0.05) is 23.7 Å². The Kier molecular flexibility index (Phi) is 6.65. The fourth-order valence-electron chi connectivity index (χ4n) is 3.88. The average Bonchev–Trinajstić information content (AvgIpc) is 3.30. The minimum Gasteiger partial charge on any atom is -0.503 e. The van der Waals surface area contributed by atoms with E-state index in [-0.39, 0.29) is 5.57 Å². The number of halogens is 1. The van der Waals surface area contributed by atoms with Crippen molar-refractivity contribution in [1.29, 1.82) is 0 Å². The van der Waals surface area contributed by atoms with Crippen LogP contribution in [-0.4, -0.2) is 58.8 Å². The Morgan fingerprint density at radius 3 is 2.58 bits per heavy atom. The van der Waals surface area contributed by atoms with Crippen LogP contribution in [0.3, 0.4) is 0 Å². The summed E-state index contributed by atoms with van der Waals surface area (Å²) in [6.07, 6.45) is 0. The van der Waals surface area contributed by atoms with Crippen molar-refractivity contribution in [3.05, 3.63) is 87.1 Å². The molecule has 0 bridgehead atoms. The first-order valence-electron chi connectivity index (χ1n) is 10.5. The molecule has 4 rings (SSSR count). The lowest BCUT2D eigenvalue weighted by Crippen LogP contribution is -2.36. The first kappa shape index (κ1) is 23.2. The van der Waals surface area contributed by atoms with Gasteiger partial charge in [0.05, 0.1) is 22.2 Å². The highest BCUT2D eigenvalue weighted by Crippen LogP contribution is 2.41. The van der Waals surface area contributed by atoms with Crippen LogP contribution >= 0.6 is 22.9 Å². The number of hydrogen-bond acceptors (Lipinski definition) is 6. The molecule has 2 aromatic carbocycles. The molecular formula is C25H24ClN3O3S. The van der Waals surface area contributed by atoms with Gasteiger partial charge < -0.3 is 14.9 Å². The quantitative estimate of drug-likeness (QED) is 0.485. The zero-order valence-corrected chi connectivity index (χ0v) is 20.2. The molecule has 0 radical (unpaired) electrons. The molecular weight excluding hydrogens is 458 g/mol. The summed E-state index contributed by atoms with van der Waals surface area (Å²) in [5, 5.41) is 12.1. The van der Waals surface area contributed by atoms with E-state index in [2.05, 4.69) is 4.98 Å². The molecule has 1 atom stereocenters. The summed E-state index contributed by atoms with van der Waals surface area (Å²) in [4.78, 5) is 35.3. The van der Waals surface area contributed by atoms with Gasteiger partial charge in [-0.2, -0.15) is 0 Å². The Hall–Kier alpha value is -3.00. The predicted octanol–water partition coefficient (Wildman–Crippen LogP) is 4.91. The third kappa shape index (κ3) is 4.57. The summed E-state index contributed by atoms with van der Waals surface area (Å²) in [6, 6.07) is 15.9. The number of ketones is 1. The standard InChI is InChI=1S/C25H24ClN3O3S/c1-15-23(33-24(27-15)16-8-5-4-6-9-16)21(30)19-20(17-10-7-11-18(26)14-17)29(13-12-28(2)3)25(32)22(19)31/h4-11,14,20,31H,12-13H2,1-3H3. The van der Waals surface area contributed by atoms with Crippen molar-refractivity contribution in [2.45, 2.75) is 13.0 Å². The summed E-state index contributed by atoms with van der Waals surface area (Å²) < 4.78 is 0. The lowest BCUT2D eigenvalue weighted by molar-refractivity contribution is -0.129. The number of thiazole rings is 1. The van der Waals surface area contributed by atoms with Crippen LogP contribution in [0.4, 0.5) is 0 Å². The van der Waals surface area contributed by atoms with Gasteiger partial charge in [0.1, 0.15) is 5.01 Å². The highest BCUT2D eigenvalue weighted by molar-refractivity contribution is 7.17. The molecule has 170 valence electrons. The van der Waals surface area contributed by atoms with E-state index >= 15 is 0 Å². The Bertz CT molecular complexity index is 1240. The van der Waals surface area contributed by atoms with E-state index in [1.807, 2.05) is 55.4 Å². The van der Waals surface area contributed by atoms with Gasteiger partial charge in [-0.1, -0.05) is 54.1 Å². The molecule has 1 aliphatic rings. The number of hydrogen-bond donors (Lipinski definition) is 1. The van der Waals surface area contributed by atoms with E-state index in [4.69, 9.17) is 11.6 Å². The molecule has 6 nitrogen and oxygen atoms in total. The Morgan fingerprint density at radius 1 is 1.18 bits per heavy atom. The van der Waals surface area contributed by atoms with Crippen LogP contribution in [-0.2, 0) is 4.79 Å². The second-order valence-electron chi connectivity index (χ2n) is 8.15. The van der Waals surface area contributed by atoms with Crippen LogP contribution < -0.4 is 0 Å². The van der Waals surface area contributed by atoms with E-state index in [0.29, 0.717) is 39.3 Å². The van der Waals surface area contributed by atoms with Gasteiger partial charge in [-0.3, -0.25) is 9.59 Å². The van der Waals surface area contributed by atoms with Crippen molar-refractivity contribution in [2.75, 3.05) is 27.2 Å². The van der Waals surface area contributed by atoms with E-state index in [9.17, 15) is 14.7 Å². The van der Waals surface area contributed by atoms with Crippen molar-refractivity contribution in [2.24, 2.45) is 0 Å². The fraction of sp³-hybridized carbons (Fsp3) is 0.240. The number of aliphatic hydroxyl groups excluding tert-OH is 1. The maximum atomic E-state index is 13.8. The molecule has 1 aliphatic heterocycles. The van der Waals surface area contributed by atoms with E-state index < -0.39 is 23.5 Å². The third-order valence-electron chi connectivity index (χ3n) is 5.52. The number of aromatic nitrogens is 1. The number of rotatable bonds is 7. The van der Waals surface area contributed by atoms with E-state index in [1.165, 1.54) is 16.2 Å². The first-order valence-corrected chi connectivity index (χ1v) is 11.7. The monoisotopic (exact) mass is 481 g/mol. The second kappa shape index (κ2) is 9.47. The zero-order valence-electron chi connectivity index (χ0n) is 18.6. The number of likely N-dealkylation sites (N-methyl/N-ethyl adjacent to an activating group) is 1. The molecule has 0 spiro atoms. The van der Waals surface area contributed by atoms with Gasteiger partial charge in [-0.25, -0.2) is 4.98 Å². The lowest BCUT2D eigenvalue weighted by atomic mass is 9.95. The summed E-state index contributed by atoms with van der Waals surface area (Å²) in [7, 11) is 3.81. The topological polar surface area (TPSA) is 73.7 Å². The molecule has 3 aromatic rings. The normalized spacial score (nSPS) is 16.2. The fourth-order valence-corrected chi connectivity index (χ4v) is 5.11. The number of carbonyl (C=O) groups is 2. The van der Waals surface area contributed by atoms with Crippen molar-refractivity contribution in [3.63, 3.8) is 0 Å². The van der Waals surface area contributed by atoms with Gasteiger partial charge in [0.2, 0.25) is 5.78 Å². The van der Waals surface area contributed by atoms with Crippen LogP contribution in [0.25, 0.3) is 10.6 Å². The van der Waals surface area contributed by atoms with Crippen molar-refractivity contribution in [1.82, 2.24) is 14.8 Å². The minimum atomic E-state index is -0.731. The number of amides is 1. The van der Waals surface area contributed by atoms with Crippen LogP contribution in [0.2, 0.25) is 5.02 Å². The van der Waals surface area contributed by atoms with Gasteiger partial charge in [-0.15, -0.1) is 11.3 Å². The van der Waals surface area contributed by atoms with Crippen LogP contribution in [0.5, 0.6) is 0 Å². The van der Waals surface area contributed by atoms with Crippen LogP contribution in [0.15, 0.2) is 65.9 Å². The molecule has 0 saturated carbocycles. The van der Waals surface area contributed by atoms with E-state index in [0.717, 1.165) is 5.56 Å². The number of carbonyl (C=O) groups excluding carboxylic acids is 2. The molecule has 33 heavy (non-hydrogen) atoms. The van der Waals surface area contributed by atoms with Crippen LogP contribution in [0, 0.1) is 6.92 Å². The maximum Gasteiger partial charge on any atom is 0.290 e. The largest absolute Gasteiger partial charge is 0.503 e. The zero-order chi connectivity index (χ0) is 23.7. The van der Waals surface area contributed by atoms with Crippen molar-refractivity contribution >= 4 is 34.6 Å². The smallest absolute Gasteiger partial charge is 0.290 e. The molecule has 1 unspecified atom stereocenters. The second-order valence-corrected chi connectivity index (χ2v) is 9.59. The maximum absolute atomic E-state index is 13.8. The van der Waals surface area contributed by atoms with Gasteiger partial charge in [0.25, 0.3) is 5.91 Å². The molecule has 0 fully saturated rings. The SMILES string of the molecule is Cc1nc(-c2ccccc2)sc1C(=O)C1=C(O)C(=O)N(CCN(C)C)C1c1cccc(Cl)c1. The Morgan fingerprint density at radius 2 is 1.91 bits per heavy atom. The molecule has 2 heterocycles.